The van der Waals surface area contributed by atoms with E-state index in [1.165, 1.54) is 0 Å². The third-order valence-electron chi connectivity index (χ3n) is 4.26. The molecule has 102 valence electrons. The molecule has 0 saturated heterocycles. The molecular formula is C13H27NO2S. The monoisotopic (exact) mass is 261 g/mol. The van der Waals surface area contributed by atoms with Gasteiger partial charge in [0.15, 0.2) is 9.84 Å². The Morgan fingerprint density at radius 2 is 1.76 bits per heavy atom. The first kappa shape index (κ1) is 15.0. The second kappa shape index (κ2) is 4.88. The van der Waals surface area contributed by atoms with Crippen molar-refractivity contribution in [3.05, 3.63) is 0 Å². The highest BCUT2D eigenvalue weighted by Crippen LogP contribution is 2.39. The van der Waals surface area contributed by atoms with Gasteiger partial charge in [0.1, 0.15) is 0 Å². The number of hydrogen-bond donors (Lipinski definition) is 1. The molecule has 1 fully saturated rings. The fourth-order valence-corrected chi connectivity index (χ4v) is 5.17. The van der Waals surface area contributed by atoms with Crippen LogP contribution < -0.4 is 5.73 Å². The van der Waals surface area contributed by atoms with Crippen LogP contribution in [0, 0.1) is 11.3 Å². The highest BCUT2D eigenvalue weighted by molar-refractivity contribution is 7.92. The zero-order valence-corrected chi connectivity index (χ0v) is 12.5. The molecule has 0 radical (unpaired) electrons. The van der Waals surface area contributed by atoms with Crippen LogP contribution in [0.25, 0.3) is 0 Å². The van der Waals surface area contributed by atoms with Crippen LogP contribution in [0.15, 0.2) is 0 Å². The van der Waals surface area contributed by atoms with Crippen molar-refractivity contribution in [2.24, 2.45) is 17.1 Å². The Labute approximate surface area is 106 Å². The average molecular weight is 261 g/mol. The van der Waals surface area contributed by atoms with Gasteiger partial charge in [0, 0.05) is 6.04 Å². The average Bonchev–Trinajstić information content (AvgIpc) is 2.20. The first-order chi connectivity index (χ1) is 7.58. The third-order valence-corrected chi connectivity index (χ3v) is 7.21. The molecular weight excluding hydrogens is 234 g/mol. The van der Waals surface area contributed by atoms with Crippen LogP contribution in [-0.2, 0) is 9.84 Å². The standard InChI is InChI=1S/C13H27NO2S/c1-9(2)10(3)17(15,16)12-8-13(4,5)7-6-11(12)14/h9-12H,6-8,14H2,1-5H3. The largest absolute Gasteiger partial charge is 0.327 e. The van der Waals surface area contributed by atoms with Gasteiger partial charge in [-0.1, -0.05) is 27.7 Å². The predicted molar refractivity (Wildman–Crippen MR) is 72.6 cm³/mol. The van der Waals surface area contributed by atoms with Gasteiger partial charge in [-0.2, -0.15) is 0 Å². The summed E-state index contributed by atoms with van der Waals surface area (Å²) in [5.41, 5.74) is 6.15. The van der Waals surface area contributed by atoms with Gasteiger partial charge in [0.25, 0.3) is 0 Å². The summed E-state index contributed by atoms with van der Waals surface area (Å²) in [6, 6.07) is -0.186. The van der Waals surface area contributed by atoms with Crippen molar-refractivity contribution in [3.63, 3.8) is 0 Å². The number of nitrogens with two attached hydrogens (primary N) is 1. The molecule has 1 saturated carbocycles. The van der Waals surface area contributed by atoms with Gasteiger partial charge >= 0.3 is 0 Å². The maximum Gasteiger partial charge on any atom is 0.157 e. The van der Waals surface area contributed by atoms with Crippen LogP contribution in [0.1, 0.15) is 53.9 Å². The Hall–Kier alpha value is -0.0900. The van der Waals surface area contributed by atoms with Crippen molar-refractivity contribution >= 4 is 9.84 Å². The normalized spacial score (nSPS) is 31.5. The SMILES string of the molecule is CC(C)C(C)S(=O)(=O)C1CC(C)(C)CCC1N. The lowest BCUT2D eigenvalue weighted by molar-refractivity contribution is 0.226. The van der Waals surface area contributed by atoms with Crippen LogP contribution in [0.5, 0.6) is 0 Å². The van der Waals surface area contributed by atoms with E-state index < -0.39 is 9.84 Å². The maximum atomic E-state index is 12.5. The van der Waals surface area contributed by atoms with E-state index in [-0.39, 0.29) is 27.9 Å². The van der Waals surface area contributed by atoms with Gasteiger partial charge in [-0.05, 0) is 37.5 Å². The molecule has 0 aromatic rings. The lowest BCUT2D eigenvalue weighted by Crippen LogP contribution is -2.50. The van der Waals surface area contributed by atoms with E-state index in [0.717, 1.165) is 12.8 Å². The molecule has 1 rings (SSSR count). The first-order valence-corrected chi connectivity index (χ1v) is 8.17. The number of rotatable bonds is 3. The van der Waals surface area contributed by atoms with Crippen molar-refractivity contribution in [3.8, 4) is 0 Å². The smallest absolute Gasteiger partial charge is 0.157 e. The first-order valence-electron chi connectivity index (χ1n) is 6.56. The Kier molecular flexibility index (Phi) is 4.30. The van der Waals surface area contributed by atoms with Crippen molar-refractivity contribution in [2.45, 2.75) is 70.4 Å². The third kappa shape index (κ3) is 3.22. The fraction of sp³-hybridized carbons (Fsp3) is 1.00. The number of hydrogen-bond acceptors (Lipinski definition) is 3. The zero-order chi connectivity index (χ0) is 13.4. The van der Waals surface area contributed by atoms with E-state index in [9.17, 15) is 8.42 Å². The summed E-state index contributed by atoms with van der Waals surface area (Å²) < 4.78 is 25.1. The van der Waals surface area contributed by atoms with Gasteiger partial charge in [-0.25, -0.2) is 8.42 Å². The van der Waals surface area contributed by atoms with Crippen LogP contribution in [-0.4, -0.2) is 25.0 Å². The Balaban J connectivity index is 2.97. The summed E-state index contributed by atoms with van der Waals surface area (Å²) in [5.74, 6) is 0.150. The van der Waals surface area contributed by atoms with Gasteiger partial charge in [0.05, 0.1) is 10.5 Å². The molecule has 0 aliphatic heterocycles. The zero-order valence-electron chi connectivity index (χ0n) is 11.7. The van der Waals surface area contributed by atoms with Crippen LogP contribution in [0.2, 0.25) is 0 Å². The van der Waals surface area contributed by atoms with Crippen LogP contribution >= 0.6 is 0 Å². The van der Waals surface area contributed by atoms with E-state index in [1.807, 2.05) is 20.8 Å². The van der Waals surface area contributed by atoms with Crippen molar-refractivity contribution < 1.29 is 8.42 Å². The van der Waals surface area contributed by atoms with E-state index in [1.54, 1.807) is 0 Å². The van der Waals surface area contributed by atoms with E-state index in [2.05, 4.69) is 13.8 Å². The summed E-state index contributed by atoms with van der Waals surface area (Å²) in [7, 11) is -3.11. The predicted octanol–water partition coefficient (Wildman–Crippen LogP) is 2.35. The minimum absolute atomic E-state index is 0.101. The number of sulfone groups is 1. The molecule has 4 heteroatoms. The summed E-state index contributed by atoms with van der Waals surface area (Å²) in [5, 5.41) is -0.656. The van der Waals surface area contributed by atoms with Gasteiger partial charge in [0.2, 0.25) is 0 Å². The molecule has 0 spiro atoms. The minimum Gasteiger partial charge on any atom is -0.327 e. The van der Waals surface area contributed by atoms with Crippen molar-refractivity contribution in [2.75, 3.05) is 0 Å². The highest BCUT2D eigenvalue weighted by Gasteiger charge is 2.43. The van der Waals surface area contributed by atoms with Gasteiger partial charge < -0.3 is 5.73 Å². The van der Waals surface area contributed by atoms with Gasteiger partial charge in [-0.3, -0.25) is 0 Å². The molecule has 1 aliphatic carbocycles. The minimum atomic E-state index is -3.11. The summed E-state index contributed by atoms with van der Waals surface area (Å²) >= 11 is 0. The molecule has 1 aliphatic rings. The Morgan fingerprint density at radius 1 is 1.24 bits per heavy atom. The molecule has 17 heavy (non-hydrogen) atoms. The van der Waals surface area contributed by atoms with Crippen molar-refractivity contribution in [1.29, 1.82) is 0 Å². The quantitative estimate of drug-likeness (QED) is 0.848. The van der Waals surface area contributed by atoms with Crippen LogP contribution in [0.4, 0.5) is 0 Å². The summed E-state index contributed by atoms with van der Waals surface area (Å²) in [6.07, 6.45) is 2.55. The Bertz CT molecular complexity index is 360. The highest BCUT2D eigenvalue weighted by atomic mass is 32.2. The molecule has 0 amide bonds. The molecule has 2 N–H and O–H groups in total. The summed E-state index contributed by atoms with van der Waals surface area (Å²) in [6.45, 7) is 10.0. The van der Waals surface area contributed by atoms with Crippen molar-refractivity contribution in [1.82, 2.24) is 0 Å². The lowest BCUT2D eigenvalue weighted by Gasteiger charge is -2.40. The van der Waals surface area contributed by atoms with E-state index in [4.69, 9.17) is 5.73 Å². The molecule has 3 nitrogen and oxygen atoms in total. The summed E-state index contributed by atoms with van der Waals surface area (Å²) in [4.78, 5) is 0. The second-order valence-electron chi connectivity index (χ2n) is 6.65. The molecule has 3 unspecified atom stereocenters. The van der Waals surface area contributed by atoms with Gasteiger partial charge in [-0.15, -0.1) is 0 Å². The van der Waals surface area contributed by atoms with E-state index >= 15 is 0 Å². The molecule has 0 aromatic carbocycles. The molecule has 0 aromatic heterocycles. The Morgan fingerprint density at radius 3 is 2.24 bits per heavy atom. The molecule has 3 atom stereocenters. The topological polar surface area (TPSA) is 60.2 Å². The maximum absolute atomic E-state index is 12.5. The van der Waals surface area contributed by atoms with Crippen LogP contribution in [0.3, 0.4) is 0 Å². The van der Waals surface area contributed by atoms with E-state index in [0.29, 0.717) is 6.42 Å². The lowest BCUT2D eigenvalue weighted by atomic mass is 9.75. The second-order valence-corrected chi connectivity index (χ2v) is 9.17. The fourth-order valence-electron chi connectivity index (χ4n) is 2.56. The molecule has 0 bridgehead atoms. The molecule has 0 heterocycles.